The number of thioether (sulfide) groups is 1. The molecule has 10 nitrogen and oxygen atoms in total. The number of ether oxygens (including phenoxy) is 1. The number of nitrogens with zero attached hydrogens (tertiary/aromatic N) is 5. The molecule has 0 aliphatic carbocycles. The van der Waals surface area contributed by atoms with Gasteiger partial charge in [0.05, 0.1) is 46.4 Å². The van der Waals surface area contributed by atoms with E-state index in [2.05, 4.69) is 20.3 Å². The maximum atomic E-state index is 13.8. The molecule has 1 aromatic carbocycles. The normalized spacial score (nSPS) is 24.7. The molecule has 0 spiro atoms. The highest BCUT2D eigenvalue weighted by Crippen LogP contribution is 2.46. The van der Waals surface area contributed by atoms with Crippen LogP contribution in [0.4, 0.5) is 13.2 Å². The molecule has 3 aromatic rings. The maximum absolute atomic E-state index is 13.8. The molecule has 0 radical (unpaired) electrons. The van der Waals surface area contributed by atoms with Crippen molar-refractivity contribution in [1.29, 1.82) is 0 Å². The Bertz CT molecular complexity index is 1330. The Balaban J connectivity index is 1.69. The molecule has 4 N–H and O–H groups in total. The number of aromatic nitrogens is 5. The highest BCUT2D eigenvalue weighted by Gasteiger charge is 2.48. The van der Waals surface area contributed by atoms with Gasteiger partial charge in [-0.2, -0.15) is 0 Å². The summed E-state index contributed by atoms with van der Waals surface area (Å²) in [4.78, 5) is 9.13. The molecule has 0 amide bonds. The second kappa shape index (κ2) is 11.1. The fraction of sp³-hybridized carbons (Fsp3) is 0.520. The Morgan fingerprint density at radius 1 is 1.03 bits per heavy atom. The van der Waals surface area contributed by atoms with E-state index in [1.165, 1.54) is 6.20 Å². The van der Waals surface area contributed by atoms with E-state index in [4.69, 9.17) is 4.74 Å². The molecule has 4 rings (SSSR count). The summed E-state index contributed by atoms with van der Waals surface area (Å²) in [7, 11) is 0. The van der Waals surface area contributed by atoms with E-state index in [1.807, 2.05) is 6.92 Å². The summed E-state index contributed by atoms with van der Waals surface area (Å²) in [5.41, 5.74) is -0.133. The second-order valence-corrected chi connectivity index (χ2v) is 11.3. The quantitative estimate of drug-likeness (QED) is 0.313. The molecule has 39 heavy (non-hydrogen) atoms. The van der Waals surface area contributed by atoms with Gasteiger partial charge in [0.15, 0.2) is 17.5 Å². The molecule has 6 atom stereocenters. The van der Waals surface area contributed by atoms with Crippen LogP contribution in [-0.4, -0.2) is 81.3 Å². The fourth-order valence-corrected chi connectivity index (χ4v) is 5.91. The first-order chi connectivity index (χ1) is 18.2. The van der Waals surface area contributed by atoms with Gasteiger partial charge in [-0.15, -0.1) is 16.9 Å². The lowest BCUT2D eigenvalue weighted by molar-refractivity contribution is -0.179. The molecule has 1 saturated heterocycles. The SMILES string of the molecule is Cc1nc(C)c(C(S[C@@H]2O[C@H](CO)[C@H](O)[C@H](n3cc(-c4cc(F)c(F)c(F)c4)nn3)[C@H]2O)C(C)(C)O)nc1C. The van der Waals surface area contributed by atoms with E-state index in [0.717, 1.165) is 34.3 Å². The molecule has 0 bridgehead atoms. The predicted octanol–water partition coefficient (Wildman–Crippen LogP) is 2.30. The van der Waals surface area contributed by atoms with Gasteiger partial charge < -0.3 is 25.2 Å². The molecule has 3 heterocycles. The first-order valence-electron chi connectivity index (χ1n) is 12.1. The number of aryl methyl sites for hydroxylation is 3. The van der Waals surface area contributed by atoms with E-state index < -0.39 is 64.7 Å². The largest absolute Gasteiger partial charge is 0.394 e. The number of aliphatic hydroxyl groups is 4. The van der Waals surface area contributed by atoms with E-state index in [9.17, 15) is 33.6 Å². The summed E-state index contributed by atoms with van der Waals surface area (Å²) >= 11 is 1.04. The highest BCUT2D eigenvalue weighted by atomic mass is 32.2. The van der Waals surface area contributed by atoms with Crippen molar-refractivity contribution in [2.75, 3.05) is 6.61 Å². The van der Waals surface area contributed by atoms with Gasteiger partial charge in [-0.3, -0.25) is 9.97 Å². The summed E-state index contributed by atoms with van der Waals surface area (Å²) < 4.78 is 47.9. The minimum absolute atomic E-state index is 0.0427. The van der Waals surface area contributed by atoms with Gasteiger partial charge in [0.1, 0.15) is 35.5 Å². The van der Waals surface area contributed by atoms with Crippen molar-refractivity contribution >= 4 is 11.8 Å². The first kappa shape index (κ1) is 29.4. The van der Waals surface area contributed by atoms with E-state index in [-0.39, 0.29) is 11.3 Å². The highest BCUT2D eigenvalue weighted by molar-refractivity contribution is 8.00. The molecule has 1 fully saturated rings. The molecule has 2 aromatic heterocycles. The Morgan fingerprint density at radius 3 is 2.23 bits per heavy atom. The Labute approximate surface area is 226 Å². The van der Waals surface area contributed by atoms with Gasteiger partial charge >= 0.3 is 0 Å². The van der Waals surface area contributed by atoms with E-state index in [0.29, 0.717) is 17.1 Å². The first-order valence-corrected chi connectivity index (χ1v) is 13.1. The van der Waals surface area contributed by atoms with Gasteiger partial charge in [-0.05, 0) is 46.8 Å². The van der Waals surface area contributed by atoms with Crippen LogP contribution in [0.5, 0.6) is 0 Å². The van der Waals surface area contributed by atoms with Crippen LogP contribution in [0.25, 0.3) is 11.3 Å². The third-order valence-electron chi connectivity index (χ3n) is 6.62. The van der Waals surface area contributed by atoms with E-state index in [1.54, 1.807) is 27.7 Å². The van der Waals surface area contributed by atoms with Crippen molar-refractivity contribution in [3.05, 3.63) is 58.6 Å². The molecular weight excluding hydrogens is 539 g/mol. The van der Waals surface area contributed by atoms with Crippen LogP contribution in [0.2, 0.25) is 0 Å². The molecular formula is C25H30F3N5O5S. The molecule has 1 unspecified atom stereocenters. The smallest absolute Gasteiger partial charge is 0.194 e. The second-order valence-electron chi connectivity index (χ2n) is 10.1. The van der Waals surface area contributed by atoms with E-state index >= 15 is 0 Å². The van der Waals surface area contributed by atoms with Crippen molar-refractivity contribution in [3.8, 4) is 11.3 Å². The number of benzene rings is 1. The average molecular weight is 570 g/mol. The van der Waals surface area contributed by atoms with Crippen LogP contribution in [0.15, 0.2) is 18.3 Å². The fourth-order valence-electron chi connectivity index (χ4n) is 4.43. The summed E-state index contributed by atoms with van der Waals surface area (Å²) in [6, 6.07) is 0.290. The maximum Gasteiger partial charge on any atom is 0.194 e. The van der Waals surface area contributed by atoms with Gasteiger partial charge in [-0.1, -0.05) is 5.21 Å². The molecule has 14 heteroatoms. The van der Waals surface area contributed by atoms with Crippen LogP contribution in [0, 0.1) is 38.2 Å². The van der Waals surface area contributed by atoms with Gasteiger partial charge in [0.25, 0.3) is 0 Å². The summed E-state index contributed by atoms with van der Waals surface area (Å²) in [6.07, 6.45) is -2.83. The van der Waals surface area contributed by atoms with Gasteiger partial charge in [0.2, 0.25) is 0 Å². The molecule has 212 valence electrons. The number of hydrogen-bond acceptors (Lipinski definition) is 10. The van der Waals surface area contributed by atoms with Crippen LogP contribution in [0.3, 0.4) is 0 Å². The number of halogens is 3. The summed E-state index contributed by atoms with van der Waals surface area (Å²) in [5, 5.41) is 50.2. The monoisotopic (exact) mass is 569 g/mol. The zero-order chi connectivity index (χ0) is 28.8. The summed E-state index contributed by atoms with van der Waals surface area (Å²) in [6.45, 7) is 7.92. The van der Waals surface area contributed by atoms with Gasteiger partial charge in [0, 0.05) is 5.56 Å². The number of hydrogen-bond donors (Lipinski definition) is 4. The zero-order valence-electron chi connectivity index (χ0n) is 21.9. The van der Waals surface area contributed by atoms with Crippen LogP contribution in [0.1, 0.15) is 47.9 Å². The lowest BCUT2D eigenvalue weighted by Crippen LogP contribution is -2.55. The topological polar surface area (TPSA) is 147 Å². The van der Waals surface area contributed by atoms with Crippen molar-refractivity contribution in [2.24, 2.45) is 0 Å². The van der Waals surface area contributed by atoms with Crippen molar-refractivity contribution < 1.29 is 38.3 Å². The Hall–Kier alpha value is -2.62. The van der Waals surface area contributed by atoms with Crippen molar-refractivity contribution in [2.45, 2.75) is 75.3 Å². The van der Waals surface area contributed by atoms with Crippen molar-refractivity contribution in [1.82, 2.24) is 25.0 Å². The van der Waals surface area contributed by atoms with Crippen molar-refractivity contribution in [3.63, 3.8) is 0 Å². The lowest BCUT2D eigenvalue weighted by atomic mass is 9.97. The Kier molecular flexibility index (Phi) is 8.36. The predicted molar refractivity (Wildman–Crippen MR) is 135 cm³/mol. The van der Waals surface area contributed by atoms with Crippen LogP contribution < -0.4 is 0 Å². The number of aliphatic hydroxyl groups excluding tert-OH is 3. The molecule has 1 aliphatic heterocycles. The average Bonchev–Trinajstić information content (AvgIpc) is 3.33. The Morgan fingerprint density at radius 2 is 1.64 bits per heavy atom. The standard InChI is InChI=1S/C25H30F3N5O5S/c1-10-11(2)30-19(12(3)29-10)23(25(4,5)37)39-24-22(36)20(21(35)17(9-34)38-24)33-8-16(31-32-33)13-6-14(26)18(28)15(27)7-13/h6-8,17,20-24,34-37H,9H2,1-5H3/t17-,20+,21+,22-,23?,24+/m1/s1. The zero-order valence-corrected chi connectivity index (χ0v) is 22.7. The third-order valence-corrected chi connectivity index (χ3v) is 8.35. The minimum Gasteiger partial charge on any atom is -0.394 e. The van der Waals surface area contributed by atoms with Crippen LogP contribution >= 0.6 is 11.8 Å². The molecule has 0 saturated carbocycles. The lowest BCUT2D eigenvalue weighted by Gasteiger charge is -2.43. The third kappa shape index (κ3) is 5.81. The minimum atomic E-state index is -1.63. The molecule has 1 aliphatic rings. The summed E-state index contributed by atoms with van der Waals surface area (Å²) in [5.74, 6) is -4.45. The van der Waals surface area contributed by atoms with Crippen LogP contribution in [-0.2, 0) is 4.74 Å². The number of rotatable bonds is 7. The van der Waals surface area contributed by atoms with Gasteiger partial charge in [-0.25, -0.2) is 17.9 Å².